The molecule has 4 heteroatoms. The first-order valence-electron chi connectivity index (χ1n) is 4.85. The Morgan fingerprint density at radius 1 is 1.57 bits per heavy atom. The Hall–Kier alpha value is -1.08. The number of terminal acetylenes is 1. The Labute approximate surface area is 89.1 Å². The Morgan fingerprint density at radius 3 is 2.93 bits per heavy atom. The molecule has 1 atom stereocenters. The van der Waals surface area contributed by atoms with Crippen molar-refractivity contribution in [3.05, 3.63) is 5.82 Å². The lowest BCUT2D eigenvalue weighted by atomic mass is 10.2. The van der Waals surface area contributed by atoms with Crippen molar-refractivity contribution >= 4 is 16.7 Å². The molecule has 0 saturated heterocycles. The highest BCUT2D eigenvalue weighted by atomic mass is 32.1. The number of aryl methyl sites for hydroxylation is 1. The van der Waals surface area contributed by atoms with Gasteiger partial charge in [-0.2, -0.15) is 4.37 Å². The summed E-state index contributed by atoms with van der Waals surface area (Å²) in [5.41, 5.74) is 0. The van der Waals surface area contributed by atoms with Gasteiger partial charge in [-0.1, -0.05) is 19.8 Å². The van der Waals surface area contributed by atoms with Gasteiger partial charge in [-0.15, -0.1) is 6.42 Å². The average Bonchev–Trinajstić information content (AvgIpc) is 2.63. The minimum Gasteiger partial charge on any atom is -0.347 e. The summed E-state index contributed by atoms with van der Waals surface area (Å²) < 4.78 is 4.23. The summed E-state index contributed by atoms with van der Waals surface area (Å²) in [6.07, 6.45) is 8.25. The maximum atomic E-state index is 5.34. The van der Waals surface area contributed by atoms with E-state index in [4.69, 9.17) is 6.42 Å². The highest BCUT2D eigenvalue weighted by molar-refractivity contribution is 7.09. The lowest BCUT2D eigenvalue weighted by molar-refractivity contribution is 0.840. The zero-order valence-electron chi connectivity index (χ0n) is 8.58. The van der Waals surface area contributed by atoms with Crippen LogP contribution < -0.4 is 5.32 Å². The molecular weight excluding hydrogens is 194 g/mol. The third kappa shape index (κ3) is 3.00. The van der Waals surface area contributed by atoms with Crippen LogP contribution in [0.4, 0.5) is 5.13 Å². The fraction of sp³-hybridized carbons (Fsp3) is 0.600. The van der Waals surface area contributed by atoms with E-state index in [1.165, 1.54) is 11.5 Å². The fourth-order valence-electron chi connectivity index (χ4n) is 1.05. The first-order valence-corrected chi connectivity index (χ1v) is 5.62. The summed E-state index contributed by atoms with van der Waals surface area (Å²) in [5.74, 6) is 3.58. The molecule has 0 spiro atoms. The minimum atomic E-state index is 0.0671. The zero-order valence-corrected chi connectivity index (χ0v) is 9.40. The number of nitrogens with zero attached hydrogens (tertiary/aromatic N) is 2. The Morgan fingerprint density at radius 2 is 2.36 bits per heavy atom. The Kier molecular flexibility index (Phi) is 4.41. The van der Waals surface area contributed by atoms with Crippen LogP contribution in [0.2, 0.25) is 0 Å². The average molecular weight is 209 g/mol. The van der Waals surface area contributed by atoms with Crippen LogP contribution in [0.15, 0.2) is 0 Å². The third-order valence-electron chi connectivity index (χ3n) is 1.85. The molecule has 1 rings (SSSR count). The van der Waals surface area contributed by atoms with Crippen molar-refractivity contribution in [1.82, 2.24) is 9.36 Å². The largest absolute Gasteiger partial charge is 0.347 e. The van der Waals surface area contributed by atoms with Crippen molar-refractivity contribution in [2.75, 3.05) is 5.32 Å². The molecule has 1 aromatic heterocycles. The van der Waals surface area contributed by atoms with Crippen molar-refractivity contribution < 1.29 is 0 Å². The van der Waals surface area contributed by atoms with E-state index in [1.807, 2.05) is 6.92 Å². The minimum absolute atomic E-state index is 0.0671. The van der Waals surface area contributed by atoms with Crippen molar-refractivity contribution in [3.8, 4) is 12.3 Å². The topological polar surface area (TPSA) is 37.8 Å². The number of anilines is 1. The quantitative estimate of drug-likeness (QED) is 0.756. The summed E-state index contributed by atoms with van der Waals surface area (Å²) in [6, 6.07) is 0.0671. The van der Waals surface area contributed by atoms with Gasteiger partial charge in [0.15, 0.2) is 0 Å². The van der Waals surface area contributed by atoms with Crippen LogP contribution >= 0.6 is 11.5 Å². The molecule has 0 saturated carbocycles. The first kappa shape index (κ1) is 11.0. The van der Waals surface area contributed by atoms with Gasteiger partial charge in [0, 0.05) is 18.0 Å². The molecule has 76 valence electrons. The summed E-state index contributed by atoms with van der Waals surface area (Å²) in [7, 11) is 0. The summed E-state index contributed by atoms with van der Waals surface area (Å²) in [5, 5.41) is 4.00. The molecule has 1 aromatic rings. The summed E-state index contributed by atoms with van der Waals surface area (Å²) in [4.78, 5) is 4.34. The highest BCUT2D eigenvalue weighted by Gasteiger charge is 2.06. The van der Waals surface area contributed by atoms with Gasteiger partial charge in [0.05, 0.1) is 6.04 Å². The predicted octanol–water partition coefficient (Wildman–Crippen LogP) is 2.31. The predicted molar refractivity (Wildman–Crippen MR) is 60.4 cm³/mol. The molecule has 0 aliphatic heterocycles. The van der Waals surface area contributed by atoms with Gasteiger partial charge >= 0.3 is 0 Å². The molecule has 0 bridgehead atoms. The zero-order chi connectivity index (χ0) is 10.4. The molecule has 3 nitrogen and oxygen atoms in total. The van der Waals surface area contributed by atoms with Crippen LogP contribution in [0.1, 0.15) is 32.5 Å². The molecule has 0 aliphatic carbocycles. The van der Waals surface area contributed by atoms with Crippen LogP contribution in [-0.2, 0) is 6.42 Å². The number of hydrogen-bond acceptors (Lipinski definition) is 4. The Balaban J connectivity index is 2.55. The summed E-state index contributed by atoms with van der Waals surface area (Å²) in [6.45, 7) is 4.16. The third-order valence-corrected chi connectivity index (χ3v) is 2.53. The SMILES string of the molecule is C#CC(CC)Nc1nc(CCC)ns1. The number of hydrogen-bond donors (Lipinski definition) is 1. The standard InChI is InChI=1S/C10H15N3S/c1-4-7-9-12-10(14-13-9)11-8(5-2)6-3/h2,8H,4,6-7H2,1,3H3,(H,11,12,13). The van der Waals surface area contributed by atoms with E-state index in [0.29, 0.717) is 0 Å². The van der Waals surface area contributed by atoms with E-state index in [2.05, 4.69) is 27.5 Å². The van der Waals surface area contributed by atoms with E-state index < -0.39 is 0 Å². The highest BCUT2D eigenvalue weighted by Crippen LogP contribution is 2.13. The monoisotopic (exact) mass is 209 g/mol. The van der Waals surface area contributed by atoms with Crippen LogP contribution in [0, 0.1) is 12.3 Å². The van der Waals surface area contributed by atoms with E-state index in [9.17, 15) is 0 Å². The molecular formula is C10H15N3S. The van der Waals surface area contributed by atoms with Crippen molar-refractivity contribution in [3.63, 3.8) is 0 Å². The molecule has 0 aromatic carbocycles. The second kappa shape index (κ2) is 5.61. The smallest absolute Gasteiger partial charge is 0.203 e. The van der Waals surface area contributed by atoms with Crippen LogP contribution in [-0.4, -0.2) is 15.4 Å². The van der Waals surface area contributed by atoms with Gasteiger partial charge in [-0.25, -0.2) is 4.98 Å². The second-order valence-corrected chi connectivity index (χ2v) is 3.79. The van der Waals surface area contributed by atoms with E-state index in [0.717, 1.165) is 30.2 Å². The van der Waals surface area contributed by atoms with Gasteiger partial charge in [0.1, 0.15) is 5.82 Å². The lowest BCUT2D eigenvalue weighted by Crippen LogP contribution is -2.15. The molecule has 1 heterocycles. The molecule has 0 radical (unpaired) electrons. The van der Waals surface area contributed by atoms with Crippen molar-refractivity contribution in [1.29, 1.82) is 0 Å². The molecule has 0 fully saturated rings. The van der Waals surface area contributed by atoms with Crippen molar-refractivity contribution in [2.45, 2.75) is 39.2 Å². The molecule has 1 N–H and O–H groups in total. The van der Waals surface area contributed by atoms with Gasteiger partial charge in [-0.05, 0) is 12.8 Å². The second-order valence-electron chi connectivity index (χ2n) is 3.04. The Bertz CT molecular complexity index is 313. The fourth-order valence-corrected chi connectivity index (χ4v) is 1.71. The van der Waals surface area contributed by atoms with E-state index >= 15 is 0 Å². The lowest BCUT2D eigenvalue weighted by Gasteiger charge is -2.07. The van der Waals surface area contributed by atoms with Crippen molar-refractivity contribution in [2.24, 2.45) is 0 Å². The normalized spacial score (nSPS) is 12.1. The maximum Gasteiger partial charge on any atom is 0.203 e. The van der Waals surface area contributed by atoms with Gasteiger partial charge in [0.25, 0.3) is 0 Å². The van der Waals surface area contributed by atoms with Crippen LogP contribution in [0.5, 0.6) is 0 Å². The number of aromatic nitrogens is 2. The molecule has 0 aliphatic rings. The maximum absolute atomic E-state index is 5.34. The number of rotatable bonds is 5. The van der Waals surface area contributed by atoms with Crippen LogP contribution in [0.25, 0.3) is 0 Å². The van der Waals surface area contributed by atoms with E-state index in [1.54, 1.807) is 0 Å². The molecule has 0 amide bonds. The van der Waals surface area contributed by atoms with Crippen LogP contribution in [0.3, 0.4) is 0 Å². The molecule has 14 heavy (non-hydrogen) atoms. The van der Waals surface area contributed by atoms with Gasteiger partial charge in [0.2, 0.25) is 5.13 Å². The first-order chi connectivity index (χ1) is 6.80. The van der Waals surface area contributed by atoms with Gasteiger partial charge < -0.3 is 5.32 Å². The van der Waals surface area contributed by atoms with E-state index in [-0.39, 0.29) is 6.04 Å². The van der Waals surface area contributed by atoms with Gasteiger partial charge in [-0.3, -0.25) is 0 Å². The molecule has 1 unspecified atom stereocenters. The summed E-state index contributed by atoms with van der Waals surface area (Å²) >= 11 is 1.38. The number of nitrogens with one attached hydrogen (secondary N) is 1.